The molecule has 0 saturated heterocycles. The molecule has 234 valence electrons. The first-order valence-corrected chi connectivity index (χ1v) is 16.0. The third kappa shape index (κ3) is 4.43. The highest BCUT2D eigenvalue weighted by Gasteiger charge is 2.20. The maximum atomic E-state index is 9.01. The number of rotatable bonds is 5. The molecule has 10 aromatic rings. The second-order valence-corrected chi connectivity index (χ2v) is 11.8. The summed E-state index contributed by atoms with van der Waals surface area (Å²) in [5.74, 6) is 0. The van der Waals surface area contributed by atoms with Crippen LogP contribution in [0.1, 0.15) is 20.6 Å². The largest absolute Gasteiger partial charge is 0.309 e. The Bertz CT molecular complexity index is 3650. The van der Waals surface area contributed by atoms with E-state index >= 15 is 0 Å². The Balaban J connectivity index is 1.31. The van der Waals surface area contributed by atoms with E-state index in [-0.39, 0.29) is 52.9 Å². The predicted octanol–water partition coefficient (Wildman–Crippen LogP) is 12.9. The minimum Gasteiger partial charge on any atom is -0.309 e. The molecule has 50 heavy (non-hydrogen) atoms. The second-order valence-electron chi connectivity index (χ2n) is 11.8. The van der Waals surface area contributed by atoms with Crippen molar-refractivity contribution in [3.05, 3.63) is 194 Å². The van der Waals surface area contributed by atoms with Gasteiger partial charge in [-0.05, 0) is 81.9 Å². The molecule has 2 heteroatoms. The van der Waals surface area contributed by atoms with Crippen molar-refractivity contribution < 1.29 is 20.6 Å². The van der Waals surface area contributed by atoms with Crippen LogP contribution in [0.15, 0.2) is 194 Å². The summed E-state index contributed by atoms with van der Waals surface area (Å²) in [5.41, 5.74) is 5.15. The Hall–Kier alpha value is -6.64. The number of nitrogens with zero attached hydrogens (tertiary/aromatic N) is 2. The molecule has 2 aromatic heterocycles. The Morgan fingerprint density at radius 3 is 1.48 bits per heavy atom. The fraction of sp³-hybridized carbons (Fsp3) is 0. The van der Waals surface area contributed by atoms with Crippen LogP contribution < -0.4 is 0 Å². The number of fused-ring (bicyclic) bond motifs is 6. The van der Waals surface area contributed by atoms with Crippen LogP contribution in [0.2, 0.25) is 0 Å². The van der Waals surface area contributed by atoms with Crippen LogP contribution in [0.4, 0.5) is 0 Å². The molecule has 2 heterocycles. The van der Waals surface area contributed by atoms with E-state index in [1.165, 1.54) is 0 Å². The lowest BCUT2D eigenvalue weighted by molar-refractivity contribution is 1.17. The highest BCUT2D eigenvalue weighted by Crippen LogP contribution is 2.42. The van der Waals surface area contributed by atoms with Crippen molar-refractivity contribution in [2.45, 2.75) is 0 Å². The molecular weight excluding hydrogens is 605 g/mol. The van der Waals surface area contributed by atoms with Gasteiger partial charge in [-0.15, -0.1) is 0 Å². The maximum Gasteiger partial charge on any atom is 0.0629 e. The van der Waals surface area contributed by atoms with Gasteiger partial charge in [0.05, 0.1) is 42.6 Å². The lowest BCUT2D eigenvalue weighted by atomic mass is 9.99. The Morgan fingerprint density at radius 2 is 0.840 bits per heavy atom. The van der Waals surface area contributed by atoms with E-state index in [1.54, 1.807) is 42.5 Å². The first kappa shape index (κ1) is 17.1. The van der Waals surface area contributed by atoms with Crippen LogP contribution in [0, 0.1) is 0 Å². The van der Waals surface area contributed by atoms with E-state index in [9.17, 15) is 0 Å². The minimum absolute atomic E-state index is 0.000871. The van der Waals surface area contributed by atoms with Crippen LogP contribution in [0.5, 0.6) is 0 Å². The molecule has 0 radical (unpaired) electrons. The molecule has 0 aliphatic rings. The van der Waals surface area contributed by atoms with Crippen molar-refractivity contribution in [1.82, 2.24) is 9.13 Å². The second kappa shape index (κ2) is 11.5. The van der Waals surface area contributed by atoms with Gasteiger partial charge in [0.15, 0.2) is 0 Å². The standard InChI is InChI=1S/C48H32N2/c1-4-15-33(16-5-1)36-21-12-22-37(31-36)49-44-30-29-38(32-42(44)48-40(25-14-28-46(48)49)35-19-8-3-9-20-35)50-43-26-11-10-23-41(43)47-39(24-13-27-45(47)50)34-17-6-2-7-18-34/h1-32H/i1D,2D,3D,4D,5D,6D,7D,8D,9D,15D,16D,17D,18D,19D,20D. The molecule has 0 bridgehead atoms. The third-order valence-corrected chi connectivity index (χ3v) is 9.16. The van der Waals surface area contributed by atoms with Crippen LogP contribution >= 0.6 is 0 Å². The molecule has 0 unspecified atom stereocenters. The van der Waals surface area contributed by atoms with Gasteiger partial charge in [-0.3, -0.25) is 0 Å². The lowest BCUT2D eigenvalue weighted by Crippen LogP contribution is -1.96. The van der Waals surface area contributed by atoms with Gasteiger partial charge in [-0.2, -0.15) is 0 Å². The monoisotopic (exact) mass is 651 g/mol. The Kier molecular flexibility index (Phi) is 3.95. The van der Waals surface area contributed by atoms with Crippen LogP contribution in [0.3, 0.4) is 0 Å². The van der Waals surface area contributed by atoms with Gasteiger partial charge < -0.3 is 9.13 Å². The van der Waals surface area contributed by atoms with E-state index in [1.807, 2.05) is 69.8 Å². The van der Waals surface area contributed by atoms with Crippen LogP contribution in [-0.2, 0) is 0 Å². The molecule has 2 nitrogen and oxygen atoms in total. The quantitative estimate of drug-likeness (QED) is 0.175. The SMILES string of the molecule is [2H]c1c([2H])c([2H])c(-c2cccc(-n3c4ccc(-n5c6ccccc6c6c(-c7c([2H])c([2H])c([2H])c([2H])c7[2H])cccc65)cc4c4c(-c5c([2H])c([2H])c([2H])c([2H])c5[2H])cccc43)c2)c([2H])c1[2H]. The molecule has 8 aromatic carbocycles. The van der Waals surface area contributed by atoms with E-state index in [0.29, 0.717) is 60.8 Å². The van der Waals surface area contributed by atoms with Crippen molar-refractivity contribution in [3.63, 3.8) is 0 Å². The fourth-order valence-electron chi connectivity index (χ4n) is 7.15. The third-order valence-electron chi connectivity index (χ3n) is 9.16. The summed E-state index contributed by atoms with van der Waals surface area (Å²) in [6, 6.07) is 24.5. The zero-order valence-electron chi connectivity index (χ0n) is 41.2. The average Bonchev–Trinajstić information content (AvgIpc) is 3.84. The summed E-state index contributed by atoms with van der Waals surface area (Å²) in [6.07, 6.45) is 0. The maximum absolute atomic E-state index is 9.01. The zero-order valence-corrected chi connectivity index (χ0v) is 26.2. The molecule has 0 N–H and O–H groups in total. The summed E-state index contributed by atoms with van der Waals surface area (Å²) in [6.45, 7) is 0. The average molecular weight is 652 g/mol. The van der Waals surface area contributed by atoms with E-state index in [2.05, 4.69) is 0 Å². The van der Waals surface area contributed by atoms with Crippen molar-refractivity contribution in [2.24, 2.45) is 0 Å². The van der Waals surface area contributed by atoms with Gasteiger partial charge in [-0.1, -0.05) is 145 Å². The molecule has 0 amide bonds. The van der Waals surface area contributed by atoms with E-state index in [0.717, 1.165) is 10.9 Å². The van der Waals surface area contributed by atoms with Gasteiger partial charge in [0.25, 0.3) is 0 Å². The molecule has 0 aliphatic heterocycles. The van der Waals surface area contributed by atoms with Gasteiger partial charge in [0.1, 0.15) is 0 Å². The summed E-state index contributed by atoms with van der Waals surface area (Å²) in [5, 5.41) is 2.60. The summed E-state index contributed by atoms with van der Waals surface area (Å²) in [4.78, 5) is 0. The molecule has 0 atom stereocenters. The fourth-order valence-corrected chi connectivity index (χ4v) is 7.15. The van der Waals surface area contributed by atoms with E-state index < -0.39 is 54.4 Å². The lowest BCUT2D eigenvalue weighted by Gasteiger charge is -2.12. The number of benzene rings is 8. The van der Waals surface area contributed by atoms with Crippen molar-refractivity contribution in [2.75, 3.05) is 0 Å². The molecule has 10 rings (SSSR count). The Morgan fingerprint density at radius 1 is 0.340 bits per heavy atom. The first-order chi connectivity index (χ1) is 31.0. The van der Waals surface area contributed by atoms with Gasteiger partial charge >= 0.3 is 0 Å². The predicted molar refractivity (Wildman–Crippen MR) is 211 cm³/mol. The topological polar surface area (TPSA) is 9.86 Å². The number of para-hydroxylation sites is 1. The smallest absolute Gasteiger partial charge is 0.0629 e. The van der Waals surface area contributed by atoms with Crippen molar-refractivity contribution >= 4 is 43.6 Å². The van der Waals surface area contributed by atoms with Crippen molar-refractivity contribution in [1.29, 1.82) is 0 Å². The molecular formula is C48H32N2. The highest BCUT2D eigenvalue weighted by molar-refractivity contribution is 6.18. The van der Waals surface area contributed by atoms with Gasteiger partial charge in [-0.25, -0.2) is 0 Å². The van der Waals surface area contributed by atoms with Crippen LogP contribution in [-0.4, -0.2) is 9.13 Å². The summed E-state index contributed by atoms with van der Waals surface area (Å²) in [7, 11) is 0. The number of hydrogen-bond donors (Lipinski definition) is 0. The number of hydrogen-bond acceptors (Lipinski definition) is 0. The van der Waals surface area contributed by atoms with Gasteiger partial charge in [0, 0.05) is 32.9 Å². The summed E-state index contributed by atoms with van der Waals surface area (Å²) >= 11 is 0. The normalized spacial score (nSPS) is 15.8. The Labute approximate surface area is 311 Å². The minimum atomic E-state index is -0.528. The van der Waals surface area contributed by atoms with Crippen molar-refractivity contribution in [3.8, 4) is 44.8 Å². The number of aromatic nitrogens is 2. The summed E-state index contributed by atoms with van der Waals surface area (Å²) < 4.78 is 132. The molecule has 0 aliphatic carbocycles. The molecule has 0 spiro atoms. The molecule has 0 fully saturated rings. The first-order valence-electron chi connectivity index (χ1n) is 23.5. The van der Waals surface area contributed by atoms with Crippen LogP contribution in [0.25, 0.3) is 88.4 Å². The highest BCUT2D eigenvalue weighted by atomic mass is 15.0. The van der Waals surface area contributed by atoms with Gasteiger partial charge in [0.2, 0.25) is 0 Å². The van der Waals surface area contributed by atoms with E-state index in [4.69, 9.17) is 20.6 Å². The molecule has 0 saturated carbocycles. The zero-order chi connectivity index (χ0) is 46.1.